The number of nitrogens with zero attached hydrogens (tertiary/aromatic N) is 7. The van der Waals surface area contributed by atoms with Crippen molar-refractivity contribution in [3.05, 3.63) is 226 Å². The third-order valence-electron chi connectivity index (χ3n) is 16.2. The predicted octanol–water partition coefficient (Wildman–Crippen LogP) is 5.03. The summed E-state index contributed by atoms with van der Waals surface area (Å²) >= 11 is 0.982. The molecule has 4 heterocycles. The number of carboxylic acid groups (broad SMARTS) is 6. The number of nitriles is 1. The fourth-order valence-electron chi connectivity index (χ4n) is 11.1. The van der Waals surface area contributed by atoms with Crippen molar-refractivity contribution >= 4 is 103 Å². The third kappa shape index (κ3) is 24.5. The molecule has 1 saturated heterocycles. The molecule has 9 N–H and O–H groups in total. The summed E-state index contributed by atoms with van der Waals surface area (Å²) in [5.41, 5.74) is 1.55. The van der Waals surface area contributed by atoms with Crippen LogP contribution >= 0.6 is 34.6 Å². The van der Waals surface area contributed by atoms with Crippen LogP contribution in [0.3, 0.4) is 0 Å². The highest BCUT2D eigenvalue weighted by molar-refractivity contribution is 8.03. The number of aromatic nitrogens is 3. The van der Waals surface area contributed by atoms with E-state index in [1.165, 1.54) is 48.5 Å². The third-order valence-corrected chi connectivity index (χ3v) is 22.0. The van der Waals surface area contributed by atoms with Crippen molar-refractivity contribution in [3.8, 4) is 75.4 Å². The number of carboxylic acids is 6. The van der Waals surface area contributed by atoms with Gasteiger partial charge in [-0.15, -0.1) is 0 Å². The molecular formula is C79H68N7O23P3S. The number of hydrogen-bond donors (Lipinski definition) is 9. The van der Waals surface area contributed by atoms with Gasteiger partial charge in [0.2, 0.25) is 0 Å². The molecule has 0 saturated carbocycles. The maximum Gasteiger partial charge on any atom is 0.341 e. The summed E-state index contributed by atoms with van der Waals surface area (Å²) in [7, 11) is -11.2. The van der Waals surface area contributed by atoms with Gasteiger partial charge in [-0.1, -0.05) is 102 Å². The monoisotopic (exact) mass is 1610 g/mol. The fourth-order valence-corrected chi connectivity index (χ4v) is 15.5. The molecule has 3 atom stereocenters. The van der Waals surface area contributed by atoms with E-state index in [4.69, 9.17) is 43.4 Å². The topological polar surface area (TPSA) is 446 Å². The number of thioether (sulfide) groups is 1. The number of benzene rings is 6. The quantitative estimate of drug-likeness (QED) is 0.0119. The van der Waals surface area contributed by atoms with Crippen LogP contribution < -0.4 is 60.6 Å². The number of thiocyanates is 1. The Morgan fingerprint density at radius 3 is 1.08 bits per heavy atom. The van der Waals surface area contributed by atoms with Crippen LogP contribution in [0.2, 0.25) is 0 Å². The van der Waals surface area contributed by atoms with Crippen molar-refractivity contribution in [2.24, 2.45) is 0 Å². The SMILES string of the molecule is N#CSc1ccc(C#Cc2cc(CN3CCN(Cc4cc(C#Cc5c(OCC(=O)O)cc(OCC(=O)O)cc5OCC(=O)O)cc(P(O)c5ccccc5)n4)CCN(Cc4cc(C#Cc5c(OCC(=O)O)cc(OCC(=O)O)cc5OCC(=O)O)cc(P(=O)(O)c5ccccc5)n4)CC3)nc(P(=O)(O)c3ccccc3)c2)cc1. The second kappa shape index (κ2) is 39.5. The lowest BCUT2D eigenvalue weighted by atomic mass is 10.1. The zero-order valence-electron chi connectivity index (χ0n) is 59.5. The highest BCUT2D eigenvalue weighted by atomic mass is 32.2. The maximum absolute atomic E-state index is 14.9. The molecule has 10 rings (SSSR count). The zero-order valence-corrected chi connectivity index (χ0v) is 63.0. The van der Waals surface area contributed by atoms with Crippen molar-refractivity contribution in [2.75, 3.05) is 78.9 Å². The summed E-state index contributed by atoms with van der Waals surface area (Å²) in [6.45, 7) is -3.84. The van der Waals surface area contributed by atoms with E-state index in [-0.39, 0.29) is 148 Å². The molecule has 1 aliphatic rings. The molecule has 0 bridgehead atoms. The Morgan fingerprint density at radius 1 is 0.407 bits per heavy atom. The van der Waals surface area contributed by atoms with Crippen molar-refractivity contribution in [1.29, 1.82) is 5.26 Å². The van der Waals surface area contributed by atoms with Crippen LogP contribution in [0.1, 0.15) is 50.5 Å². The number of ether oxygens (including phenoxy) is 6. The normalized spacial score (nSPS) is 13.7. The minimum Gasteiger partial charge on any atom is -0.482 e. The summed E-state index contributed by atoms with van der Waals surface area (Å²) in [5.74, 6) is 7.99. The predicted molar refractivity (Wildman–Crippen MR) is 412 cm³/mol. The minimum atomic E-state index is -4.59. The molecule has 34 heteroatoms. The molecule has 113 heavy (non-hydrogen) atoms. The van der Waals surface area contributed by atoms with Crippen molar-refractivity contribution in [1.82, 2.24) is 29.7 Å². The Labute approximate surface area is 651 Å². The summed E-state index contributed by atoms with van der Waals surface area (Å²) in [6.07, 6.45) is 0. The van der Waals surface area contributed by atoms with Gasteiger partial charge < -0.3 is 73.7 Å². The second-order valence-electron chi connectivity index (χ2n) is 24.6. The van der Waals surface area contributed by atoms with Gasteiger partial charge in [0.05, 0.1) is 22.5 Å². The first-order valence-corrected chi connectivity index (χ1v) is 39.3. The van der Waals surface area contributed by atoms with Crippen LogP contribution in [0.5, 0.6) is 34.5 Å². The Balaban J connectivity index is 1.09. The van der Waals surface area contributed by atoms with Gasteiger partial charge in [0.15, 0.2) is 39.6 Å². The van der Waals surface area contributed by atoms with Crippen LogP contribution in [0.25, 0.3) is 0 Å². The Bertz CT molecular complexity index is 5300. The first-order valence-electron chi connectivity index (χ1n) is 33.9. The molecule has 3 aromatic heterocycles. The van der Waals surface area contributed by atoms with Gasteiger partial charge in [-0.3, -0.25) is 23.8 Å². The molecule has 3 unspecified atom stereocenters. The molecule has 578 valence electrons. The van der Waals surface area contributed by atoms with Gasteiger partial charge in [0, 0.05) is 126 Å². The lowest BCUT2D eigenvalue weighted by molar-refractivity contribution is -0.140. The van der Waals surface area contributed by atoms with Crippen LogP contribution in [-0.2, 0) is 57.5 Å². The molecule has 9 aromatic rings. The average Bonchev–Trinajstić information content (AvgIpc) is 0.842. The van der Waals surface area contributed by atoms with Crippen molar-refractivity contribution in [3.63, 3.8) is 0 Å². The highest BCUT2D eigenvalue weighted by Crippen LogP contribution is 2.40. The van der Waals surface area contributed by atoms with E-state index >= 15 is 0 Å². The Morgan fingerprint density at radius 2 is 0.726 bits per heavy atom. The van der Waals surface area contributed by atoms with E-state index < -0.39 is 98.3 Å². The zero-order chi connectivity index (χ0) is 80.6. The maximum atomic E-state index is 14.9. The van der Waals surface area contributed by atoms with Gasteiger partial charge in [-0.05, 0) is 96.7 Å². The largest absolute Gasteiger partial charge is 0.482 e. The van der Waals surface area contributed by atoms with E-state index in [0.717, 1.165) is 23.9 Å². The van der Waals surface area contributed by atoms with Crippen molar-refractivity contribution in [2.45, 2.75) is 24.5 Å². The van der Waals surface area contributed by atoms with E-state index in [2.05, 4.69) is 45.3 Å². The van der Waals surface area contributed by atoms with Gasteiger partial charge >= 0.3 is 35.8 Å². The van der Waals surface area contributed by atoms with E-state index in [1.54, 1.807) is 115 Å². The molecule has 1 fully saturated rings. The van der Waals surface area contributed by atoms with Crippen LogP contribution in [0.4, 0.5) is 0 Å². The fraction of sp³-hybridized carbons (Fsp3) is 0.190. The smallest absolute Gasteiger partial charge is 0.341 e. The number of aliphatic carboxylic acids is 6. The van der Waals surface area contributed by atoms with Gasteiger partial charge in [-0.2, -0.15) is 5.26 Å². The van der Waals surface area contributed by atoms with Gasteiger partial charge in [0.25, 0.3) is 14.7 Å². The minimum absolute atomic E-state index is 0.00771. The van der Waals surface area contributed by atoms with Crippen LogP contribution in [0, 0.1) is 46.2 Å². The molecule has 0 spiro atoms. The molecule has 0 aliphatic carbocycles. The average molecular weight is 1610 g/mol. The van der Waals surface area contributed by atoms with Gasteiger partial charge in [0.1, 0.15) is 70.0 Å². The lowest BCUT2D eigenvalue weighted by Crippen LogP contribution is -2.36. The molecule has 0 radical (unpaired) electrons. The van der Waals surface area contributed by atoms with E-state index in [1.807, 2.05) is 10.3 Å². The number of rotatable bonds is 31. The highest BCUT2D eigenvalue weighted by Gasteiger charge is 2.31. The molecule has 1 aliphatic heterocycles. The van der Waals surface area contributed by atoms with Gasteiger partial charge in [-0.25, -0.2) is 43.7 Å². The van der Waals surface area contributed by atoms with Crippen molar-refractivity contribution < 1.29 is 112 Å². The lowest BCUT2D eigenvalue weighted by Gasteiger charge is -2.26. The van der Waals surface area contributed by atoms with E-state index in [9.17, 15) is 88.5 Å². The molecule has 6 aromatic carbocycles. The molecule has 0 amide bonds. The number of hydrogen-bond acceptors (Lipinski definition) is 23. The van der Waals surface area contributed by atoms with Crippen LogP contribution in [0.15, 0.2) is 181 Å². The first-order chi connectivity index (χ1) is 54.2. The Kier molecular flexibility index (Phi) is 29.0. The standard InChI is InChI=1S/C79H68N7O23P3S/c80-51-113-64-22-18-52(19-23-64)16-17-54-33-57(82-72(36-54)111(100,101)62-12-6-2-7-13-62)43-85-28-26-84(42-56-32-53(35-71(81-56)110(99)61-10-4-1-5-11-61)20-24-65-67(106-47-76(91)92)38-59(104-45-74(87)88)39-68(65)107-48-77(93)94)27-29-86(31-30-85)44-58-34-55(37-73(83-58)112(102,103)63-14-8-3-9-15-63)21-25-66-69(108-49-78(95)96)40-60(105-46-75(89)90)41-70(66)109-50-79(97)98/h1-15,18-19,22-23,32-41,99H,26-31,42-50H2,(H,87,88)(H,89,90)(H,91,92)(H,93,94)(H,95,96)(H,97,98)(H,100,101)(H,102,103). The van der Waals surface area contributed by atoms with Crippen LogP contribution in [-0.4, -0.2) is 190 Å². The molecular weight excluding hydrogens is 1540 g/mol. The number of pyridine rings is 3. The first kappa shape index (κ1) is 83.0. The second-order valence-corrected chi connectivity index (χ2v) is 31.3. The summed E-state index contributed by atoms with van der Waals surface area (Å²) in [6, 6.07) is 45.2. The molecule has 30 nitrogen and oxygen atoms in total. The Hall–Kier alpha value is -12.4. The number of carbonyl (C=O) groups is 6. The van der Waals surface area contributed by atoms with E-state index in [0.29, 0.717) is 32.7 Å². The summed E-state index contributed by atoms with van der Waals surface area (Å²) in [4.78, 5) is 128. The summed E-state index contributed by atoms with van der Waals surface area (Å²) < 4.78 is 62.6. The summed E-state index contributed by atoms with van der Waals surface area (Å²) in [5, 5.41) is 69.4.